The maximum atomic E-state index is 11.3. The number of oxazole rings is 1. The second-order valence-electron chi connectivity index (χ2n) is 3.89. The highest BCUT2D eigenvalue weighted by molar-refractivity contribution is 7.15. The van der Waals surface area contributed by atoms with E-state index >= 15 is 0 Å². The molecule has 0 aliphatic rings. The van der Waals surface area contributed by atoms with Crippen LogP contribution in [0.3, 0.4) is 0 Å². The molecule has 0 unspecified atom stereocenters. The predicted octanol–water partition coefficient (Wildman–Crippen LogP) is 4.14. The van der Waals surface area contributed by atoms with Crippen molar-refractivity contribution in [3.05, 3.63) is 40.2 Å². The molecule has 96 valence electrons. The third-order valence-electron chi connectivity index (χ3n) is 2.53. The Kier molecular flexibility index (Phi) is 2.96. The lowest BCUT2D eigenvalue weighted by molar-refractivity contribution is 0.0691. The van der Waals surface area contributed by atoms with E-state index in [9.17, 15) is 9.90 Å². The van der Waals surface area contributed by atoms with Crippen molar-refractivity contribution in [1.82, 2.24) is 4.98 Å². The molecule has 0 aliphatic heterocycles. The number of carboxylic acids is 1. The Labute approximate surface area is 117 Å². The van der Waals surface area contributed by atoms with Gasteiger partial charge in [-0.1, -0.05) is 6.07 Å². The van der Waals surface area contributed by atoms with Crippen LogP contribution in [-0.4, -0.2) is 16.1 Å². The molecule has 3 aromatic heterocycles. The van der Waals surface area contributed by atoms with Crippen LogP contribution in [0.1, 0.15) is 15.4 Å². The highest BCUT2D eigenvalue weighted by atomic mass is 32.1. The van der Waals surface area contributed by atoms with Crippen LogP contribution in [0.2, 0.25) is 0 Å². The molecule has 0 aliphatic carbocycles. The topological polar surface area (TPSA) is 63.3 Å². The van der Waals surface area contributed by atoms with Crippen molar-refractivity contribution in [3.8, 4) is 21.4 Å². The molecule has 0 saturated heterocycles. The van der Waals surface area contributed by atoms with Crippen LogP contribution < -0.4 is 0 Å². The van der Waals surface area contributed by atoms with E-state index in [1.165, 1.54) is 22.7 Å². The number of aromatic carboxylic acids is 1. The number of carbonyl (C=O) groups is 1. The summed E-state index contributed by atoms with van der Waals surface area (Å²) in [6, 6.07) is 7.51. The SMILES string of the molecule is Cc1ccc(-c2oc(-c3cccs3)nc2C(=O)O)s1. The highest BCUT2D eigenvalue weighted by Crippen LogP contribution is 2.35. The Hall–Kier alpha value is -1.92. The number of nitrogens with zero attached hydrogens (tertiary/aromatic N) is 1. The first-order valence-corrected chi connectivity index (χ1v) is 7.19. The molecule has 0 amide bonds. The van der Waals surface area contributed by atoms with Crippen molar-refractivity contribution in [3.63, 3.8) is 0 Å². The fraction of sp³-hybridized carbons (Fsp3) is 0.0769. The van der Waals surface area contributed by atoms with Gasteiger partial charge in [0.25, 0.3) is 0 Å². The molecule has 0 aromatic carbocycles. The maximum absolute atomic E-state index is 11.3. The van der Waals surface area contributed by atoms with Gasteiger partial charge in [-0.25, -0.2) is 9.78 Å². The molecular weight excluding hydrogens is 282 g/mol. The summed E-state index contributed by atoms with van der Waals surface area (Å²) in [5.74, 6) is -0.393. The van der Waals surface area contributed by atoms with Crippen LogP contribution in [0, 0.1) is 6.92 Å². The fourth-order valence-electron chi connectivity index (χ4n) is 1.69. The van der Waals surface area contributed by atoms with Crippen LogP contribution >= 0.6 is 22.7 Å². The van der Waals surface area contributed by atoms with Crippen LogP contribution in [0.15, 0.2) is 34.1 Å². The van der Waals surface area contributed by atoms with Crippen molar-refractivity contribution in [2.24, 2.45) is 0 Å². The second kappa shape index (κ2) is 4.64. The Bertz CT molecular complexity index is 725. The number of hydrogen-bond donors (Lipinski definition) is 1. The van der Waals surface area contributed by atoms with Gasteiger partial charge in [0.2, 0.25) is 5.89 Å². The molecule has 0 bridgehead atoms. The zero-order valence-electron chi connectivity index (χ0n) is 9.91. The minimum Gasteiger partial charge on any atom is -0.476 e. The first-order chi connectivity index (χ1) is 9.15. The van der Waals surface area contributed by atoms with Gasteiger partial charge in [0, 0.05) is 4.88 Å². The van der Waals surface area contributed by atoms with Gasteiger partial charge in [0.1, 0.15) is 0 Å². The van der Waals surface area contributed by atoms with E-state index < -0.39 is 5.97 Å². The molecule has 0 radical (unpaired) electrons. The third kappa shape index (κ3) is 2.20. The quantitative estimate of drug-likeness (QED) is 0.787. The fourth-order valence-corrected chi connectivity index (χ4v) is 3.19. The van der Waals surface area contributed by atoms with E-state index in [2.05, 4.69) is 4.98 Å². The maximum Gasteiger partial charge on any atom is 0.358 e. The summed E-state index contributed by atoms with van der Waals surface area (Å²) in [6.07, 6.45) is 0. The van der Waals surface area contributed by atoms with Gasteiger partial charge < -0.3 is 9.52 Å². The molecule has 3 heterocycles. The largest absolute Gasteiger partial charge is 0.476 e. The first kappa shape index (κ1) is 12.1. The van der Waals surface area contributed by atoms with Gasteiger partial charge in [-0.05, 0) is 30.5 Å². The number of hydrogen-bond acceptors (Lipinski definition) is 5. The van der Waals surface area contributed by atoms with Gasteiger partial charge >= 0.3 is 5.97 Å². The smallest absolute Gasteiger partial charge is 0.358 e. The lowest BCUT2D eigenvalue weighted by atomic mass is 10.3. The molecule has 3 aromatic rings. The summed E-state index contributed by atoms with van der Waals surface area (Å²) in [5, 5.41) is 11.1. The van der Waals surface area contributed by atoms with Gasteiger partial charge in [-0.3, -0.25) is 0 Å². The minimum atomic E-state index is -1.08. The van der Waals surface area contributed by atoms with Crippen LogP contribution in [0.5, 0.6) is 0 Å². The summed E-state index contributed by atoms with van der Waals surface area (Å²) in [5.41, 5.74) is -0.0368. The lowest BCUT2D eigenvalue weighted by Crippen LogP contribution is -1.98. The van der Waals surface area contributed by atoms with Crippen molar-refractivity contribution in [1.29, 1.82) is 0 Å². The second-order valence-corrected chi connectivity index (χ2v) is 6.13. The van der Waals surface area contributed by atoms with E-state index in [4.69, 9.17) is 4.42 Å². The Morgan fingerprint density at radius 3 is 2.74 bits per heavy atom. The summed E-state index contributed by atoms with van der Waals surface area (Å²) < 4.78 is 5.65. The molecule has 0 spiro atoms. The van der Waals surface area contributed by atoms with Crippen LogP contribution in [0.4, 0.5) is 0 Å². The number of aryl methyl sites for hydroxylation is 1. The summed E-state index contributed by atoms with van der Waals surface area (Å²) in [4.78, 5) is 18.1. The molecular formula is C13H9NO3S2. The standard InChI is InChI=1S/C13H9NO3S2/c1-7-4-5-8(19-7)11-10(13(15)16)14-12(17-11)9-3-2-6-18-9/h2-6H,1H3,(H,15,16). The summed E-state index contributed by atoms with van der Waals surface area (Å²) in [6.45, 7) is 1.96. The van der Waals surface area contributed by atoms with E-state index in [0.717, 1.165) is 14.6 Å². The number of carboxylic acid groups (broad SMARTS) is 1. The first-order valence-electron chi connectivity index (χ1n) is 5.50. The molecule has 19 heavy (non-hydrogen) atoms. The molecule has 3 rings (SSSR count). The molecule has 0 atom stereocenters. The molecule has 6 heteroatoms. The third-order valence-corrected chi connectivity index (χ3v) is 4.38. The van der Waals surface area contributed by atoms with E-state index in [0.29, 0.717) is 11.7 Å². The van der Waals surface area contributed by atoms with E-state index in [1.807, 2.05) is 36.6 Å². The Morgan fingerprint density at radius 1 is 1.32 bits per heavy atom. The van der Waals surface area contributed by atoms with Gasteiger partial charge in [0.05, 0.1) is 9.75 Å². The zero-order valence-corrected chi connectivity index (χ0v) is 11.5. The molecule has 0 saturated carbocycles. The van der Waals surface area contributed by atoms with Crippen molar-refractivity contribution in [2.45, 2.75) is 6.92 Å². The van der Waals surface area contributed by atoms with Crippen LogP contribution in [-0.2, 0) is 0 Å². The molecule has 1 N–H and O–H groups in total. The van der Waals surface area contributed by atoms with Gasteiger partial charge in [0.15, 0.2) is 11.5 Å². The number of aromatic nitrogens is 1. The van der Waals surface area contributed by atoms with Gasteiger partial charge in [-0.2, -0.15) is 0 Å². The average Bonchev–Trinajstić information content (AvgIpc) is 3.07. The summed E-state index contributed by atoms with van der Waals surface area (Å²) >= 11 is 2.95. The predicted molar refractivity (Wildman–Crippen MR) is 74.8 cm³/mol. The van der Waals surface area contributed by atoms with Crippen molar-refractivity contribution in [2.75, 3.05) is 0 Å². The Balaban J connectivity index is 2.15. The van der Waals surface area contributed by atoms with Crippen LogP contribution in [0.25, 0.3) is 21.4 Å². The Morgan fingerprint density at radius 2 is 2.16 bits per heavy atom. The lowest BCUT2D eigenvalue weighted by Gasteiger charge is -1.92. The summed E-state index contributed by atoms with van der Waals surface area (Å²) in [7, 11) is 0. The minimum absolute atomic E-state index is 0.0368. The average molecular weight is 291 g/mol. The number of thiophene rings is 2. The number of rotatable bonds is 3. The normalized spacial score (nSPS) is 10.8. The van der Waals surface area contributed by atoms with E-state index in [1.54, 1.807) is 0 Å². The van der Waals surface area contributed by atoms with Gasteiger partial charge in [-0.15, -0.1) is 22.7 Å². The highest BCUT2D eigenvalue weighted by Gasteiger charge is 2.22. The van der Waals surface area contributed by atoms with E-state index in [-0.39, 0.29) is 5.69 Å². The monoisotopic (exact) mass is 291 g/mol. The molecule has 4 nitrogen and oxygen atoms in total. The molecule has 0 fully saturated rings. The van der Waals surface area contributed by atoms with Crippen molar-refractivity contribution < 1.29 is 14.3 Å². The van der Waals surface area contributed by atoms with Crippen molar-refractivity contribution >= 4 is 28.6 Å². The zero-order chi connectivity index (χ0) is 13.4.